The third-order valence-corrected chi connectivity index (χ3v) is 4.46. The minimum absolute atomic E-state index is 0.232. The number of para-hydroxylation sites is 2. The summed E-state index contributed by atoms with van der Waals surface area (Å²) in [5.74, 6) is 0.491. The summed E-state index contributed by atoms with van der Waals surface area (Å²) in [4.78, 5) is 25.0. The van der Waals surface area contributed by atoms with Gasteiger partial charge in [-0.1, -0.05) is 12.1 Å². The molecule has 0 saturated carbocycles. The highest BCUT2D eigenvalue weighted by Crippen LogP contribution is 2.31. The van der Waals surface area contributed by atoms with E-state index in [-0.39, 0.29) is 12.6 Å². The number of aliphatic carboxylic acids is 1. The minimum Gasteiger partial charge on any atom is -0.493 e. The monoisotopic (exact) mass is 370 g/mol. The highest BCUT2D eigenvalue weighted by Gasteiger charge is 2.28. The zero-order chi connectivity index (χ0) is 19.2. The summed E-state index contributed by atoms with van der Waals surface area (Å²) in [7, 11) is 1.58. The molecular weight excluding hydrogens is 348 g/mol. The van der Waals surface area contributed by atoms with Crippen molar-refractivity contribution >= 4 is 17.7 Å². The normalized spacial score (nSPS) is 16.5. The van der Waals surface area contributed by atoms with Gasteiger partial charge in [0.25, 0.3) is 0 Å². The van der Waals surface area contributed by atoms with Gasteiger partial charge in [-0.25, -0.2) is 4.79 Å². The van der Waals surface area contributed by atoms with Crippen molar-refractivity contribution in [3.8, 4) is 17.2 Å². The van der Waals surface area contributed by atoms with Crippen LogP contribution in [0.15, 0.2) is 48.5 Å². The molecule has 0 bridgehead atoms. The Labute approximate surface area is 157 Å². The van der Waals surface area contributed by atoms with Gasteiger partial charge in [-0.2, -0.15) is 0 Å². The Hall–Kier alpha value is -3.22. The fourth-order valence-corrected chi connectivity index (χ4v) is 3.00. The topological polar surface area (TPSA) is 88.1 Å². The number of benzene rings is 2. The number of ether oxygens (including phenoxy) is 2. The molecule has 0 aromatic heterocycles. The first-order chi connectivity index (χ1) is 13.1. The fraction of sp³-hybridized carbons (Fsp3) is 0.300. The van der Waals surface area contributed by atoms with Gasteiger partial charge < -0.3 is 24.8 Å². The zero-order valence-corrected chi connectivity index (χ0v) is 15.1. The molecule has 2 aromatic carbocycles. The summed E-state index contributed by atoms with van der Waals surface area (Å²) in [6, 6.07) is 14.0. The standard InChI is InChI=1S/C20H22N2O5/c1-26-17-6-2-3-7-18(17)27-16-10-8-15(9-11-16)21-20(25)22-12-4-5-14(13-22)19(23)24/h2-3,6-11,14H,4-5,12-13H2,1H3,(H,21,25)(H,23,24). The van der Waals surface area contributed by atoms with Crippen molar-refractivity contribution < 1.29 is 24.2 Å². The predicted octanol–water partition coefficient (Wildman–Crippen LogP) is 3.82. The van der Waals surface area contributed by atoms with Crippen LogP contribution >= 0.6 is 0 Å². The molecule has 1 unspecified atom stereocenters. The van der Waals surface area contributed by atoms with Crippen molar-refractivity contribution in [3.05, 3.63) is 48.5 Å². The predicted molar refractivity (Wildman–Crippen MR) is 100 cm³/mol. The summed E-state index contributed by atoms with van der Waals surface area (Å²) >= 11 is 0. The molecule has 1 saturated heterocycles. The van der Waals surface area contributed by atoms with Gasteiger partial charge in [-0.05, 0) is 49.2 Å². The number of rotatable bonds is 5. The van der Waals surface area contributed by atoms with E-state index < -0.39 is 11.9 Å². The Bertz CT molecular complexity index is 806. The molecule has 3 rings (SSSR count). The van der Waals surface area contributed by atoms with Crippen LogP contribution in [0, 0.1) is 5.92 Å². The Morgan fingerprint density at radius 3 is 2.48 bits per heavy atom. The first kappa shape index (κ1) is 18.6. The average Bonchev–Trinajstić information content (AvgIpc) is 2.70. The number of anilines is 1. The molecule has 1 atom stereocenters. The largest absolute Gasteiger partial charge is 0.493 e. The number of nitrogens with zero attached hydrogens (tertiary/aromatic N) is 1. The number of carboxylic acids is 1. The number of carbonyl (C=O) groups is 2. The summed E-state index contributed by atoms with van der Waals surface area (Å²) in [5.41, 5.74) is 0.616. The summed E-state index contributed by atoms with van der Waals surface area (Å²) in [6.45, 7) is 0.792. The Morgan fingerprint density at radius 2 is 1.81 bits per heavy atom. The molecular formula is C20H22N2O5. The minimum atomic E-state index is -0.856. The summed E-state index contributed by atoms with van der Waals surface area (Å²) in [5, 5.41) is 11.9. The number of piperidine rings is 1. The van der Waals surface area contributed by atoms with Crippen LogP contribution in [0.3, 0.4) is 0 Å². The third-order valence-electron chi connectivity index (χ3n) is 4.46. The van der Waals surface area contributed by atoms with Crippen LogP contribution in [-0.2, 0) is 4.79 Å². The molecule has 7 nitrogen and oxygen atoms in total. The van der Waals surface area contributed by atoms with Crippen LogP contribution in [0.5, 0.6) is 17.2 Å². The second-order valence-electron chi connectivity index (χ2n) is 6.33. The number of carbonyl (C=O) groups excluding carboxylic acids is 1. The van der Waals surface area contributed by atoms with Gasteiger partial charge in [0.2, 0.25) is 0 Å². The molecule has 142 valence electrons. The average molecular weight is 370 g/mol. The van der Waals surface area contributed by atoms with Gasteiger partial charge in [0.1, 0.15) is 5.75 Å². The lowest BCUT2D eigenvalue weighted by Crippen LogP contribution is -2.44. The maximum absolute atomic E-state index is 12.4. The van der Waals surface area contributed by atoms with E-state index >= 15 is 0 Å². The number of hydrogen-bond acceptors (Lipinski definition) is 4. The lowest BCUT2D eigenvalue weighted by molar-refractivity contribution is -0.143. The van der Waals surface area contributed by atoms with Gasteiger partial charge >= 0.3 is 12.0 Å². The van der Waals surface area contributed by atoms with E-state index in [9.17, 15) is 9.59 Å². The molecule has 1 aliphatic rings. The second kappa shape index (κ2) is 8.44. The molecule has 0 radical (unpaired) electrons. The van der Waals surface area contributed by atoms with Gasteiger partial charge in [-0.3, -0.25) is 4.79 Å². The van der Waals surface area contributed by atoms with Crippen LogP contribution in [0.1, 0.15) is 12.8 Å². The van der Waals surface area contributed by atoms with E-state index in [1.54, 1.807) is 36.3 Å². The maximum atomic E-state index is 12.4. The molecule has 27 heavy (non-hydrogen) atoms. The second-order valence-corrected chi connectivity index (χ2v) is 6.33. The van der Waals surface area contributed by atoms with Crippen molar-refractivity contribution in [1.82, 2.24) is 4.90 Å². The van der Waals surface area contributed by atoms with E-state index in [1.807, 2.05) is 24.3 Å². The molecule has 2 aromatic rings. The van der Waals surface area contributed by atoms with Crippen LogP contribution < -0.4 is 14.8 Å². The van der Waals surface area contributed by atoms with E-state index in [2.05, 4.69) is 5.32 Å². The van der Waals surface area contributed by atoms with E-state index in [4.69, 9.17) is 14.6 Å². The fourth-order valence-electron chi connectivity index (χ4n) is 3.00. The van der Waals surface area contributed by atoms with Gasteiger partial charge in [0, 0.05) is 18.8 Å². The third kappa shape index (κ3) is 4.69. The van der Waals surface area contributed by atoms with Gasteiger partial charge in [-0.15, -0.1) is 0 Å². The maximum Gasteiger partial charge on any atom is 0.321 e. The van der Waals surface area contributed by atoms with Crippen molar-refractivity contribution in [2.24, 2.45) is 5.92 Å². The van der Waals surface area contributed by atoms with E-state index in [0.717, 1.165) is 0 Å². The molecule has 0 aliphatic carbocycles. The van der Waals surface area contributed by atoms with Crippen molar-refractivity contribution in [1.29, 1.82) is 0 Å². The van der Waals surface area contributed by atoms with Crippen LogP contribution in [0.4, 0.5) is 10.5 Å². The van der Waals surface area contributed by atoms with Crippen LogP contribution in [0.2, 0.25) is 0 Å². The lowest BCUT2D eigenvalue weighted by atomic mass is 9.99. The van der Waals surface area contributed by atoms with E-state index in [0.29, 0.717) is 42.3 Å². The van der Waals surface area contributed by atoms with E-state index in [1.165, 1.54) is 0 Å². The Balaban J connectivity index is 1.60. The first-order valence-corrected chi connectivity index (χ1v) is 8.76. The first-order valence-electron chi connectivity index (χ1n) is 8.76. The molecule has 1 heterocycles. The number of nitrogens with one attached hydrogen (secondary N) is 1. The number of carboxylic acid groups (broad SMARTS) is 1. The quantitative estimate of drug-likeness (QED) is 0.835. The zero-order valence-electron chi connectivity index (χ0n) is 15.1. The van der Waals surface area contributed by atoms with Crippen LogP contribution in [-0.4, -0.2) is 42.2 Å². The number of methoxy groups -OCH3 is 1. The van der Waals surface area contributed by atoms with Crippen LogP contribution in [0.25, 0.3) is 0 Å². The lowest BCUT2D eigenvalue weighted by Gasteiger charge is -2.30. The molecule has 1 aliphatic heterocycles. The SMILES string of the molecule is COc1ccccc1Oc1ccc(NC(=O)N2CCCC(C(=O)O)C2)cc1. The molecule has 2 amide bonds. The van der Waals surface area contributed by atoms with Gasteiger partial charge in [0.05, 0.1) is 13.0 Å². The number of hydrogen-bond donors (Lipinski definition) is 2. The Kier molecular flexibility index (Phi) is 5.80. The van der Waals surface area contributed by atoms with Crippen molar-refractivity contribution in [3.63, 3.8) is 0 Å². The number of likely N-dealkylation sites (tertiary alicyclic amines) is 1. The molecule has 1 fully saturated rings. The number of urea groups is 1. The number of amides is 2. The summed E-state index contributed by atoms with van der Waals surface area (Å²) < 4.78 is 11.1. The highest BCUT2D eigenvalue weighted by molar-refractivity contribution is 5.89. The van der Waals surface area contributed by atoms with Crippen molar-refractivity contribution in [2.75, 3.05) is 25.5 Å². The van der Waals surface area contributed by atoms with Gasteiger partial charge in [0.15, 0.2) is 11.5 Å². The molecule has 0 spiro atoms. The Morgan fingerprint density at radius 1 is 1.11 bits per heavy atom. The summed E-state index contributed by atoms with van der Waals surface area (Å²) in [6.07, 6.45) is 1.30. The smallest absolute Gasteiger partial charge is 0.321 e. The highest BCUT2D eigenvalue weighted by atomic mass is 16.5. The molecule has 7 heteroatoms. The van der Waals surface area contributed by atoms with Crippen molar-refractivity contribution in [2.45, 2.75) is 12.8 Å². The molecule has 2 N–H and O–H groups in total.